The van der Waals surface area contributed by atoms with E-state index in [0.717, 1.165) is 18.4 Å². The van der Waals surface area contributed by atoms with Crippen molar-refractivity contribution in [2.24, 2.45) is 0 Å². The third-order valence-corrected chi connectivity index (χ3v) is 3.84. The molecule has 0 radical (unpaired) electrons. The number of carbonyl (C=O) groups is 1. The second-order valence-electron chi connectivity index (χ2n) is 4.78. The number of nitrogens with zero attached hydrogens (tertiary/aromatic N) is 1. The van der Waals surface area contributed by atoms with Gasteiger partial charge >= 0.3 is 0 Å². The number of rotatable bonds is 6. The predicted octanol–water partition coefficient (Wildman–Crippen LogP) is 3.21. The van der Waals surface area contributed by atoms with Gasteiger partial charge in [0.2, 0.25) is 5.91 Å². The normalized spacial score (nSPS) is 16.4. The van der Waals surface area contributed by atoms with Crippen LogP contribution in [0, 0.1) is 0 Å². The molecule has 0 atom stereocenters. The molecule has 0 spiro atoms. The molecule has 1 amide bonds. The summed E-state index contributed by atoms with van der Waals surface area (Å²) in [4.78, 5) is 13.8. The van der Waals surface area contributed by atoms with Crippen LogP contribution in [0.2, 0.25) is 0 Å². The van der Waals surface area contributed by atoms with Gasteiger partial charge in [-0.3, -0.25) is 4.79 Å². The largest absolute Gasteiger partial charge is 0.335 e. The Morgan fingerprint density at radius 3 is 2.42 bits per heavy atom. The minimum atomic E-state index is -2.49. The lowest BCUT2D eigenvalue weighted by Gasteiger charge is -2.26. The molecular formula is C14H16BrF2NO. The standard InChI is InChI=1S/C14H16BrF2NO/c15-8-9-18(10-12(16)17)13(19)14(6-7-14)11-4-2-1-3-5-11/h1-5,12H,6-10H2. The fraction of sp³-hybridized carbons (Fsp3) is 0.500. The second-order valence-corrected chi connectivity index (χ2v) is 5.57. The van der Waals surface area contributed by atoms with Crippen molar-refractivity contribution in [3.05, 3.63) is 35.9 Å². The first-order chi connectivity index (χ1) is 9.10. The maximum atomic E-state index is 12.6. The summed E-state index contributed by atoms with van der Waals surface area (Å²) in [5.74, 6) is -0.168. The van der Waals surface area contributed by atoms with Crippen molar-refractivity contribution < 1.29 is 13.6 Å². The van der Waals surface area contributed by atoms with E-state index in [4.69, 9.17) is 0 Å². The van der Waals surface area contributed by atoms with E-state index in [1.807, 2.05) is 30.3 Å². The topological polar surface area (TPSA) is 20.3 Å². The predicted molar refractivity (Wildman–Crippen MR) is 73.7 cm³/mol. The lowest BCUT2D eigenvalue weighted by atomic mass is 9.94. The maximum Gasteiger partial charge on any atom is 0.255 e. The van der Waals surface area contributed by atoms with Gasteiger partial charge in [-0.2, -0.15) is 0 Å². The average molecular weight is 332 g/mol. The summed E-state index contributed by atoms with van der Waals surface area (Å²) in [6.07, 6.45) is -0.995. The van der Waals surface area contributed by atoms with E-state index in [0.29, 0.717) is 11.9 Å². The van der Waals surface area contributed by atoms with Crippen LogP contribution in [0.5, 0.6) is 0 Å². The van der Waals surface area contributed by atoms with Gasteiger partial charge in [-0.1, -0.05) is 46.3 Å². The van der Waals surface area contributed by atoms with Crippen molar-refractivity contribution in [2.45, 2.75) is 24.7 Å². The smallest absolute Gasteiger partial charge is 0.255 e. The number of amides is 1. The van der Waals surface area contributed by atoms with E-state index in [1.165, 1.54) is 4.90 Å². The average Bonchev–Trinajstić information content (AvgIpc) is 3.19. The Bertz CT molecular complexity index is 434. The Hall–Kier alpha value is -0.970. The highest BCUT2D eigenvalue weighted by Gasteiger charge is 2.52. The van der Waals surface area contributed by atoms with Crippen LogP contribution >= 0.6 is 15.9 Å². The first-order valence-corrected chi connectivity index (χ1v) is 7.41. The Morgan fingerprint density at radius 2 is 1.95 bits per heavy atom. The molecule has 0 unspecified atom stereocenters. The molecule has 0 N–H and O–H groups in total. The zero-order valence-corrected chi connectivity index (χ0v) is 12.1. The van der Waals surface area contributed by atoms with Crippen LogP contribution in [-0.4, -0.2) is 35.7 Å². The van der Waals surface area contributed by atoms with Gasteiger partial charge in [0.1, 0.15) is 0 Å². The highest BCUT2D eigenvalue weighted by molar-refractivity contribution is 9.09. The van der Waals surface area contributed by atoms with Gasteiger partial charge in [-0.25, -0.2) is 8.78 Å². The molecule has 2 nitrogen and oxygen atoms in total. The highest BCUT2D eigenvalue weighted by Crippen LogP contribution is 2.49. The fourth-order valence-corrected chi connectivity index (χ4v) is 2.78. The van der Waals surface area contributed by atoms with Gasteiger partial charge in [0.05, 0.1) is 12.0 Å². The number of hydrogen-bond acceptors (Lipinski definition) is 1. The molecule has 1 aromatic rings. The summed E-state index contributed by atoms with van der Waals surface area (Å²) >= 11 is 3.21. The molecule has 0 aliphatic heterocycles. The molecule has 1 aliphatic rings. The minimum absolute atomic E-state index is 0.168. The van der Waals surface area contributed by atoms with E-state index in [2.05, 4.69) is 15.9 Å². The van der Waals surface area contributed by atoms with Crippen LogP contribution in [0.4, 0.5) is 8.78 Å². The van der Waals surface area contributed by atoms with Gasteiger partial charge < -0.3 is 4.90 Å². The molecule has 0 aromatic heterocycles. The van der Waals surface area contributed by atoms with Crippen LogP contribution in [0.15, 0.2) is 30.3 Å². The van der Waals surface area contributed by atoms with Crippen molar-refractivity contribution in [2.75, 3.05) is 18.4 Å². The van der Waals surface area contributed by atoms with Crippen molar-refractivity contribution >= 4 is 21.8 Å². The number of halogens is 3. The molecule has 1 aromatic carbocycles. The van der Waals surface area contributed by atoms with Crippen LogP contribution in [0.1, 0.15) is 18.4 Å². The first kappa shape index (κ1) is 14.4. The van der Waals surface area contributed by atoms with Gasteiger partial charge in [0.15, 0.2) is 0 Å². The molecule has 0 saturated heterocycles. The Morgan fingerprint density at radius 1 is 1.32 bits per heavy atom. The van der Waals surface area contributed by atoms with Crippen molar-refractivity contribution in [1.82, 2.24) is 4.90 Å². The zero-order chi connectivity index (χ0) is 13.9. The lowest BCUT2D eigenvalue weighted by Crippen LogP contribution is -2.42. The Balaban J connectivity index is 2.17. The number of alkyl halides is 3. The van der Waals surface area contributed by atoms with E-state index in [1.54, 1.807) is 0 Å². The fourth-order valence-electron chi connectivity index (χ4n) is 2.36. The van der Waals surface area contributed by atoms with E-state index in [9.17, 15) is 13.6 Å². The van der Waals surface area contributed by atoms with Crippen molar-refractivity contribution in [3.8, 4) is 0 Å². The molecule has 1 fully saturated rings. The molecule has 5 heteroatoms. The van der Waals surface area contributed by atoms with Crippen LogP contribution in [-0.2, 0) is 10.2 Å². The molecule has 104 valence electrons. The third kappa shape index (κ3) is 3.14. The van der Waals surface area contributed by atoms with E-state index >= 15 is 0 Å². The number of benzene rings is 1. The summed E-state index contributed by atoms with van der Waals surface area (Å²) in [7, 11) is 0. The quantitative estimate of drug-likeness (QED) is 0.733. The SMILES string of the molecule is O=C(N(CCBr)CC(F)F)C1(c2ccccc2)CC1. The molecule has 1 saturated carbocycles. The lowest BCUT2D eigenvalue weighted by molar-refractivity contribution is -0.135. The van der Waals surface area contributed by atoms with Gasteiger partial charge in [-0.05, 0) is 18.4 Å². The second kappa shape index (κ2) is 5.99. The summed E-state index contributed by atoms with van der Waals surface area (Å²) in [5, 5.41) is 0.510. The molecule has 0 bridgehead atoms. The molecule has 1 aliphatic carbocycles. The van der Waals surface area contributed by atoms with Crippen LogP contribution < -0.4 is 0 Å². The maximum absolute atomic E-state index is 12.6. The number of hydrogen-bond donors (Lipinski definition) is 0. The molecule has 2 rings (SSSR count). The molecule has 19 heavy (non-hydrogen) atoms. The van der Waals surface area contributed by atoms with Gasteiger partial charge in [0, 0.05) is 11.9 Å². The van der Waals surface area contributed by atoms with Crippen molar-refractivity contribution in [3.63, 3.8) is 0 Å². The van der Waals surface area contributed by atoms with Crippen LogP contribution in [0.3, 0.4) is 0 Å². The molecule has 0 heterocycles. The van der Waals surface area contributed by atoms with E-state index in [-0.39, 0.29) is 5.91 Å². The Labute approximate surface area is 119 Å². The van der Waals surface area contributed by atoms with Crippen LogP contribution in [0.25, 0.3) is 0 Å². The van der Waals surface area contributed by atoms with Gasteiger partial charge in [0.25, 0.3) is 6.43 Å². The van der Waals surface area contributed by atoms with E-state index < -0.39 is 18.4 Å². The summed E-state index contributed by atoms with van der Waals surface area (Å²) in [6, 6.07) is 9.45. The Kier molecular flexibility index (Phi) is 4.55. The summed E-state index contributed by atoms with van der Waals surface area (Å²) in [5.41, 5.74) is 0.382. The highest BCUT2D eigenvalue weighted by atomic mass is 79.9. The zero-order valence-electron chi connectivity index (χ0n) is 10.5. The van der Waals surface area contributed by atoms with Crippen molar-refractivity contribution in [1.29, 1.82) is 0 Å². The minimum Gasteiger partial charge on any atom is -0.335 e. The van der Waals surface area contributed by atoms with Gasteiger partial charge in [-0.15, -0.1) is 0 Å². The molecular weight excluding hydrogens is 316 g/mol. The number of carbonyl (C=O) groups excluding carboxylic acids is 1. The summed E-state index contributed by atoms with van der Waals surface area (Å²) in [6.45, 7) is -0.170. The monoisotopic (exact) mass is 331 g/mol. The third-order valence-electron chi connectivity index (χ3n) is 3.49. The summed E-state index contributed by atoms with van der Waals surface area (Å²) < 4.78 is 25.1. The first-order valence-electron chi connectivity index (χ1n) is 6.29.